The van der Waals surface area contributed by atoms with Gasteiger partial charge in [0.1, 0.15) is 0 Å². The molecule has 1 amide bonds. The first kappa shape index (κ1) is 12.0. The van der Waals surface area contributed by atoms with Gasteiger partial charge in [0.15, 0.2) is 0 Å². The molecule has 86 valence electrons. The minimum absolute atomic E-state index is 0.111. The van der Waals surface area contributed by atoms with E-state index in [1.54, 1.807) is 18.5 Å². The summed E-state index contributed by atoms with van der Waals surface area (Å²) in [5.41, 5.74) is 0.798. The SMILES string of the molecule is CC(=O)N(c1ncccn1)c1ccccc1I. The van der Waals surface area contributed by atoms with Gasteiger partial charge in [0.2, 0.25) is 11.9 Å². The summed E-state index contributed by atoms with van der Waals surface area (Å²) in [5.74, 6) is 0.282. The molecule has 0 radical (unpaired) electrons. The van der Waals surface area contributed by atoms with Gasteiger partial charge in [-0.2, -0.15) is 0 Å². The molecule has 1 heterocycles. The topological polar surface area (TPSA) is 46.1 Å². The van der Waals surface area contributed by atoms with Crippen molar-refractivity contribution in [3.05, 3.63) is 46.3 Å². The molecule has 0 aliphatic rings. The van der Waals surface area contributed by atoms with Crippen LogP contribution in [0.1, 0.15) is 6.92 Å². The second-order valence-corrected chi connectivity index (χ2v) is 4.52. The van der Waals surface area contributed by atoms with Gasteiger partial charge in [0.25, 0.3) is 0 Å². The molecule has 1 aromatic carbocycles. The third-order valence-corrected chi connectivity index (χ3v) is 3.07. The van der Waals surface area contributed by atoms with E-state index in [4.69, 9.17) is 0 Å². The fraction of sp³-hybridized carbons (Fsp3) is 0.0833. The van der Waals surface area contributed by atoms with Crippen LogP contribution in [0.4, 0.5) is 11.6 Å². The number of amides is 1. The Hall–Kier alpha value is -1.50. The van der Waals surface area contributed by atoms with E-state index in [1.165, 1.54) is 11.8 Å². The van der Waals surface area contributed by atoms with E-state index in [1.807, 2.05) is 24.3 Å². The van der Waals surface area contributed by atoms with Crippen LogP contribution in [0.3, 0.4) is 0 Å². The van der Waals surface area contributed by atoms with Crippen molar-refractivity contribution in [2.75, 3.05) is 4.90 Å². The van der Waals surface area contributed by atoms with Crippen molar-refractivity contribution in [1.29, 1.82) is 0 Å². The van der Waals surface area contributed by atoms with E-state index in [0.717, 1.165) is 9.26 Å². The smallest absolute Gasteiger partial charge is 0.236 e. The van der Waals surface area contributed by atoms with Crippen LogP contribution in [0.25, 0.3) is 0 Å². The first-order valence-electron chi connectivity index (χ1n) is 5.02. The predicted molar refractivity (Wildman–Crippen MR) is 74.0 cm³/mol. The second-order valence-electron chi connectivity index (χ2n) is 3.35. The lowest BCUT2D eigenvalue weighted by molar-refractivity contribution is -0.115. The zero-order valence-corrected chi connectivity index (χ0v) is 11.3. The summed E-state index contributed by atoms with van der Waals surface area (Å²) in [5, 5.41) is 0. The fourth-order valence-corrected chi connectivity index (χ4v) is 2.09. The molecule has 0 atom stereocenters. The van der Waals surface area contributed by atoms with Crippen LogP contribution in [0.2, 0.25) is 0 Å². The molecule has 2 rings (SSSR count). The summed E-state index contributed by atoms with van der Waals surface area (Å²) in [6, 6.07) is 9.35. The van der Waals surface area contributed by atoms with E-state index in [0.29, 0.717) is 5.95 Å². The van der Waals surface area contributed by atoms with Crippen molar-refractivity contribution in [2.45, 2.75) is 6.92 Å². The van der Waals surface area contributed by atoms with Crippen molar-refractivity contribution in [3.63, 3.8) is 0 Å². The van der Waals surface area contributed by atoms with E-state index in [2.05, 4.69) is 32.6 Å². The van der Waals surface area contributed by atoms with Gasteiger partial charge in [-0.25, -0.2) is 14.9 Å². The highest BCUT2D eigenvalue weighted by Gasteiger charge is 2.18. The van der Waals surface area contributed by atoms with E-state index >= 15 is 0 Å². The highest BCUT2D eigenvalue weighted by atomic mass is 127. The van der Waals surface area contributed by atoms with Gasteiger partial charge in [0.05, 0.1) is 5.69 Å². The molecule has 0 N–H and O–H groups in total. The quantitative estimate of drug-likeness (QED) is 0.791. The first-order chi connectivity index (χ1) is 8.20. The molecule has 0 saturated heterocycles. The molecule has 0 spiro atoms. The van der Waals surface area contributed by atoms with Crippen LogP contribution < -0.4 is 4.90 Å². The number of anilines is 2. The van der Waals surface area contributed by atoms with E-state index in [9.17, 15) is 4.79 Å². The van der Waals surface area contributed by atoms with Crippen LogP contribution in [0.15, 0.2) is 42.7 Å². The van der Waals surface area contributed by atoms with Crippen LogP contribution >= 0.6 is 22.6 Å². The molecule has 0 bridgehead atoms. The normalized spacial score (nSPS) is 10.0. The Morgan fingerprint density at radius 1 is 1.18 bits per heavy atom. The summed E-state index contributed by atoms with van der Waals surface area (Å²) in [6.45, 7) is 1.50. The molecule has 2 aromatic rings. The fourth-order valence-electron chi connectivity index (χ4n) is 1.46. The number of hydrogen-bond acceptors (Lipinski definition) is 3. The number of nitrogens with zero attached hydrogens (tertiary/aromatic N) is 3. The van der Waals surface area contributed by atoms with E-state index < -0.39 is 0 Å². The number of benzene rings is 1. The standard InChI is InChI=1S/C12H10IN3O/c1-9(17)16(12-14-7-4-8-15-12)11-6-3-2-5-10(11)13/h2-8H,1H3. The van der Waals surface area contributed by atoms with Gasteiger partial charge in [-0.15, -0.1) is 0 Å². The Balaban J connectivity index is 2.51. The number of carbonyl (C=O) groups is 1. The van der Waals surface area contributed by atoms with Gasteiger partial charge in [-0.1, -0.05) is 12.1 Å². The lowest BCUT2D eigenvalue weighted by Gasteiger charge is -2.19. The van der Waals surface area contributed by atoms with Crippen molar-refractivity contribution in [1.82, 2.24) is 9.97 Å². The predicted octanol–water partition coefficient (Wildman–Crippen LogP) is 2.77. The first-order valence-corrected chi connectivity index (χ1v) is 6.10. The Labute approximate surface area is 113 Å². The summed E-state index contributed by atoms with van der Waals surface area (Å²) in [7, 11) is 0. The highest BCUT2D eigenvalue weighted by molar-refractivity contribution is 14.1. The van der Waals surface area contributed by atoms with Crippen molar-refractivity contribution >= 4 is 40.1 Å². The maximum atomic E-state index is 11.7. The third kappa shape index (κ3) is 2.60. The molecule has 17 heavy (non-hydrogen) atoms. The number of hydrogen-bond donors (Lipinski definition) is 0. The number of rotatable bonds is 2. The lowest BCUT2D eigenvalue weighted by Crippen LogP contribution is -2.25. The molecular formula is C12H10IN3O. The van der Waals surface area contributed by atoms with Crippen molar-refractivity contribution in [3.8, 4) is 0 Å². The average molecular weight is 339 g/mol. The Morgan fingerprint density at radius 2 is 1.82 bits per heavy atom. The maximum absolute atomic E-state index is 11.7. The summed E-state index contributed by atoms with van der Waals surface area (Å²) in [4.78, 5) is 21.5. The molecule has 0 fully saturated rings. The van der Waals surface area contributed by atoms with Gasteiger partial charge >= 0.3 is 0 Å². The van der Waals surface area contributed by atoms with Gasteiger partial charge < -0.3 is 0 Å². The molecule has 1 aromatic heterocycles. The van der Waals surface area contributed by atoms with Crippen LogP contribution in [0, 0.1) is 3.57 Å². The van der Waals surface area contributed by atoms with Gasteiger partial charge in [-0.05, 0) is 40.8 Å². The molecule has 0 unspecified atom stereocenters. The van der Waals surface area contributed by atoms with Crippen LogP contribution in [-0.2, 0) is 4.79 Å². The van der Waals surface area contributed by atoms with Gasteiger partial charge in [-0.3, -0.25) is 4.79 Å². The Morgan fingerprint density at radius 3 is 2.41 bits per heavy atom. The minimum Gasteiger partial charge on any atom is -0.274 e. The van der Waals surface area contributed by atoms with Crippen molar-refractivity contribution in [2.24, 2.45) is 0 Å². The summed E-state index contributed by atoms with van der Waals surface area (Å²) in [6.07, 6.45) is 3.24. The molecule has 0 saturated carbocycles. The summed E-state index contributed by atoms with van der Waals surface area (Å²) < 4.78 is 0.979. The molecule has 0 aliphatic carbocycles. The van der Waals surface area contributed by atoms with Crippen LogP contribution in [-0.4, -0.2) is 15.9 Å². The monoisotopic (exact) mass is 339 g/mol. The average Bonchev–Trinajstić information content (AvgIpc) is 2.33. The maximum Gasteiger partial charge on any atom is 0.236 e. The van der Waals surface area contributed by atoms with E-state index in [-0.39, 0.29) is 5.91 Å². The third-order valence-electron chi connectivity index (χ3n) is 2.16. The second kappa shape index (κ2) is 5.22. The molecule has 0 aliphatic heterocycles. The minimum atomic E-state index is -0.111. The zero-order chi connectivity index (χ0) is 12.3. The Kier molecular flexibility index (Phi) is 3.68. The van der Waals surface area contributed by atoms with Crippen molar-refractivity contribution < 1.29 is 4.79 Å². The molecule has 5 heteroatoms. The number of aromatic nitrogens is 2. The largest absolute Gasteiger partial charge is 0.274 e. The highest BCUT2D eigenvalue weighted by Crippen LogP contribution is 2.26. The Bertz CT molecular complexity index is 530. The zero-order valence-electron chi connectivity index (χ0n) is 9.17. The molecule has 4 nitrogen and oxygen atoms in total. The number of para-hydroxylation sites is 1. The summed E-state index contributed by atoms with van der Waals surface area (Å²) >= 11 is 2.19. The number of carbonyl (C=O) groups excluding carboxylic acids is 1. The van der Waals surface area contributed by atoms with Crippen LogP contribution in [0.5, 0.6) is 0 Å². The number of halogens is 1. The lowest BCUT2D eigenvalue weighted by atomic mass is 10.3. The molecular weight excluding hydrogens is 329 g/mol. The van der Waals surface area contributed by atoms with Gasteiger partial charge in [0, 0.05) is 22.9 Å².